The molecule has 0 amide bonds. The Morgan fingerprint density at radius 1 is 1.41 bits per heavy atom. The van der Waals surface area contributed by atoms with Crippen molar-refractivity contribution >= 4 is 6.29 Å². The van der Waals surface area contributed by atoms with Crippen LogP contribution in [-0.4, -0.2) is 29.8 Å². The lowest BCUT2D eigenvalue weighted by Crippen LogP contribution is -2.48. The van der Waals surface area contributed by atoms with E-state index in [1.165, 1.54) is 19.1 Å². The summed E-state index contributed by atoms with van der Waals surface area (Å²) in [5.41, 5.74) is -2.25. The van der Waals surface area contributed by atoms with Gasteiger partial charge in [-0.1, -0.05) is 6.92 Å². The van der Waals surface area contributed by atoms with Crippen molar-refractivity contribution in [3.63, 3.8) is 0 Å². The number of carbonyl (C=O) groups excluding carboxylic acids is 1. The van der Waals surface area contributed by atoms with Gasteiger partial charge in [-0.25, -0.2) is 4.39 Å². The fraction of sp³-hybridized carbons (Fsp3) is 0.533. The third kappa shape index (κ3) is 3.24. The predicted molar refractivity (Wildman–Crippen MR) is 70.2 cm³/mol. The monoisotopic (exact) mass is 320 g/mol. The summed E-state index contributed by atoms with van der Waals surface area (Å²) < 4.78 is 57.1. The first-order valence-electron chi connectivity index (χ1n) is 6.86. The number of carbonyl (C=O) groups is 1. The molecule has 0 bridgehead atoms. The second kappa shape index (κ2) is 5.87. The van der Waals surface area contributed by atoms with E-state index in [-0.39, 0.29) is 6.42 Å². The highest BCUT2D eigenvalue weighted by atomic mass is 19.4. The standard InChI is InChI=1S/C15H16F4O3/c1-9(7-14(21,8-20)15(17,18)19)4-11-6-12(16)5-10-2-3-22-13(10)11/h5-6,8-9,21H,2-4,7H2,1H3. The number of alkyl halides is 3. The molecule has 2 rings (SSSR count). The quantitative estimate of drug-likeness (QED) is 0.670. The fourth-order valence-corrected chi connectivity index (χ4v) is 2.71. The molecular weight excluding hydrogens is 304 g/mol. The van der Waals surface area contributed by atoms with Crippen LogP contribution in [0.2, 0.25) is 0 Å². The maximum absolute atomic E-state index is 13.5. The second-order valence-corrected chi connectivity index (χ2v) is 5.70. The summed E-state index contributed by atoms with van der Waals surface area (Å²) in [5, 5.41) is 9.45. The van der Waals surface area contributed by atoms with Crippen molar-refractivity contribution in [2.45, 2.75) is 38.0 Å². The second-order valence-electron chi connectivity index (χ2n) is 5.70. The molecule has 1 aliphatic heterocycles. The number of fused-ring (bicyclic) bond motifs is 1. The Hall–Kier alpha value is -1.63. The molecule has 1 heterocycles. The molecule has 0 saturated carbocycles. The zero-order valence-corrected chi connectivity index (χ0v) is 11.9. The maximum Gasteiger partial charge on any atom is 0.424 e. The van der Waals surface area contributed by atoms with Crippen LogP contribution in [0.15, 0.2) is 12.1 Å². The van der Waals surface area contributed by atoms with Crippen LogP contribution in [0.1, 0.15) is 24.5 Å². The molecule has 0 aliphatic carbocycles. The molecule has 1 aromatic carbocycles. The predicted octanol–water partition coefficient (Wildman–Crippen LogP) is 2.82. The first-order valence-corrected chi connectivity index (χ1v) is 6.86. The highest BCUT2D eigenvalue weighted by molar-refractivity contribution is 5.63. The summed E-state index contributed by atoms with van der Waals surface area (Å²) in [5.74, 6) is -0.672. The zero-order valence-electron chi connectivity index (χ0n) is 11.9. The Balaban J connectivity index is 2.16. The minimum absolute atomic E-state index is 0.0757. The molecule has 122 valence electrons. The molecule has 7 heteroatoms. The van der Waals surface area contributed by atoms with Crippen LogP contribution < -0.4 is 4.74 Å². The van der Waals surface area contributed by atoms with E-state index in [1.54, 1.807) is 0 Å². The molecule has 1 aromatic rings. The molecule has 0 saturated heterocycles. The van der Waals surface area contributed by atoms with Crippen molar-refractivity contribution in [3.05, 3.63) is 29.1 Å². The average Bonchev–Trinajstić information content (AvgIpc) is 2.85. The lowest BCUT2D eigenvalue weighted by atomic mass is 9.87. The molecule has 1 N–H and O–H groups in total. The molecular formula is C15H16F4O3. The van der Waals surface area contributed by atoms with Gasteiger partial charge in [-0.05, 0) is 36.5 Å². The number of benzene rings is 1. The number of hydrogen-bond acceptors (Lipinski definition) is 3. The highest BCUT2D eigenvalue weighted by Gasteiger charge is 2.54. The van der Waals surface area contributed by atoms with Gasteiger partial charge >= 0.3 is 6.18 Å². The zero-order chi connectivity index (χ0) is 16.5. The minimum atomic E-state index is -5.04. The van der Waals surface area contributed by atoms with Crippen molar-refractivity contribution in [1.29, 1.82) is 0 Å². The van der Waals surface area contributed by atoms with Crippen LogP contribution in [0.25, 0.3) is 0 Å². The summed E-state index contributed by atoms with van der Waals surface area (Å²) in [6, 6.07) is 2.56. The van der Waals surface area contributed by atoms with Gasteiger partial charge in [-0.15, -0.1) is 0 Å². The van der Waals surface area contributed by atoms with Crippen LogP contribution in [-0.2, 0) is 17.6 Å². The van der Waals surface area contributed by atoms with Crippen LogP contribution in [0.4, 0.5) is 17.6 Å². The summed E-state index contributed by atoms with van der Waals surface area (Å²) in [6.07, 6.45) is -5.69. The molecule has 2 atom stereocenters. The van der Waals surface area contributed by atoms with Crippen LogP contribution >= 0.6 is 0 Å². The highest BCUT2D eigenvalue weighted by Crippen LogP contribution is 2.37. The van der Waals surface area contributed by atoms with Crippen molar-refractivity contribution in [3.8, 4) is 5.75 Å². The molecule has 1 aliphatic rings. The van der Waals surface area contributed by atoms with Gasteiger partial charge in [-0.2, -0.15) is 13.2 Å². The van der Waals surface area contributed by atoms with Gasteiger partial charge in [-0.3, -0.25) is 4.79 Å². The summed E-state index contributed by atoms with van der Waals surface area (Å²) in [4.78, 5) is 10.6. The van der Waals surface area contributed by atoms with E-state index in [4.69, 9.17) is 4.74 Å². The first-order chi connectivity index (χ1) is 10.2. The van der Waals surface area contributed by atoms with Gasteiger partial charge in [0.15, 0.2) is 6.29 Å². The number of halogens is 4. The van der Waals surface area contributed by atoms with Crippen LogP contribution in [0, 0.1) is 11.7 Å². The van der Waals surface area contributed by atoms with E-state index < -0.39 is 36.2 Å². The summed E-state index contributed by atoms with van der Waals surface area (Å²) >= 11 is 0. The maximum atomic E-state index is 13.5. The number of aldehydes is 1. The molecule has 0 aromatic heterocycles. The number of hydrogen-bond donors (Lipinski definition) is 1. The Morgan fingerprint density at radius 3 is 2.68 bits per heavy atom. The third-order valence-corrected chi connectivity index (χ3v) is 3.74. The van der Waals surface area contributed by atoms with E-state index in [0.717, 1.165) is 0 Å². The summed E-state index contributed by atoms with van der Waals surface area (Å²) in [6.45, 7) is 1.87. The Bertz CT molecular complexity index is 571. The van der Waals surface area contributed by atoms with E-state index >= 15 is 0 Å². The molecule has 0 spiro atoms. The Labute approximate surface area is 124 Å². The van der Waals surface area contributed by atoms with Gasteiger partial charge < -0.3 is 9.84 Å². The first kappa shape index (κ1) is 16.7. The van der Waals surface area contributed by atoms with Gasteiger partial charge in [0.2, 0.25) is 5.60 Å². The molecule has 0 fully saturated rings. The van der Waals surface area contributed by atoms with Crippen molar-refractivity contribution in [1.82, 2.24) is 0 Å². The lowest BCUT2D eigenvalue weighted by molar-refractivity contribution is -0.249. The van der Waals surface area contributed by atoms with E-state index in [0.29, 0.717) is 29.9 Å². The van der Waals surface area contributed by atoms with Gasteiger partial charge in [0, 0.05) is 12.0 Å². The van der Waals surface area contributed by atoms with Gasteiger partial charge in [0.25, 0.3) is 0 Å². The lowest BCUT2D eigenvalue weighted by Gasteiger charge is -2.27. The van der Waals surface area contributed by atoms with Crippen LogP contribution in [0.5, 0.6) is 5.75 Å². The molecule has 2 unspecified atom stereocenters. The Kier molecular flexibility index (Phi) is 4.47. The smallest absolute Gasteiger partial charge is 0.424 e. The molecule has 22 heavy (non-hydrogen) atoms. The number of aliphatic hydroxyl groups is 1. The summed E-state index contributed by atoms with van der Waals surface area (Å²) in [7, 11) is 0. The largest absolute Gasteiger partial charge is 0.493 e. The fourth-order valence-electron chi connectivity index (χ4n) is 2.71. The van der Waals surface area contributed by atoms with E-state index in [2.05, 4.69) is 0 Å². The van der Waals surface area contributed by atoms with Crippen molar-refractivity contribution in [2.24, 2.45) is 5.92 Å². The third-order valence-electron chi connectivity index (χ3n) is 3.74. The van der Waals surface area contributed by atoms with Gasteiger partial charge in [0.05, 0.1) is 6.61 Å². The van der Waals surface area contributed by atoms with Crippen molar-refractivity contribution in [2.75, 3.05) is 6.61 Å². The normalized spacial score (nSPS) is 18.3. The van der Waals surface area contributed by atoms with E-state index in [9.17, 15) is 27.5 Å². The Morgan fingerprint density at radius 2 is 2.09 bits per heavy atom. The number of rotatable bonds is 5. The minimum Gasteiger partial charge on any atom is -0.493 e. The average molecular weight is 320 g/mol. The number of ether oxygens (including phenoxy) is 1. The van der Waals surface area contributed by atoms with Gasteiger partial charge in [0.1, 0.15) is 11.6 Å². The van der Waals surface area contributed by atoms with E-state index in [1.807, 2.05) is 0 Å². The topological polar surface area (TPSA) is 46.5 Å². The SMILES string of the molecule is CC(Cc1cc(F)cc2c1OCC2)CC(O)(C=O)C(F)(F)F. The molecule has 3 nitrogen and oxygen atoms in total. The van der Waals surface area contributed by atoms with Crippen molar-refractivity contribution < 1.29 is 32.2 Å². The van der Waals surface area contributed by atoms with Crippen LogP contribution in [0.3, 0.4) is 0 Å². The molecule has 0 radical (unpaired) electrons.